The van der Waals surface area contributed by atoms with Crippen LogP contribution < -0.4 is 0 Å². The van der Waals surface area contributed by atoms with Gasteiger partial charge in [-0.05, 0) is 44.9 Å². The Kier molecular flexibility index (Phi) is 4.36. The van der Waals surface area contributed by atoms with Crippen molar-refractivity contribution < 1.29 is 9.59 Å². The van der Waals surface area contributed by atoms with Crippen LogP contribution in [0, 0.1) is 11.3 Å². The number of piperidine rings is 2. The van der Waals surface area contributed by atoms with Gasteiger partial charge in [-0.1, -0.05) is 0 Å². The second kappa shape index (κ2) is 5.86. The number of alkyl halides is 2. The Labute approximate surface area is 142 Å². The van der Waals surface area contributed by atoms with Crippen LogP contribution in [0.25, 0.3) is 0 Å². The van der Waals surface area contributed by atoms with Crippen LogP contribution in [-0.4, -0.2) is 52.1 Å². The third-order valence-electron chi connectivity index (χ3n) is 5.53. The first-order valence-corrected chi connectivity index (χ1v) is 9.04. The van der Waals surface area contributed by atoms with Crippen LogP contribution in [-0.2, 0) is 9.59 Å². The molecule has 3 rings (SSSR count). The number of carbonyl (C=O) groups excluding carboxylic acids is 2. The van der Waals surface area contributed by atoms with E-state index in [1.165, 1.54) is 0 Å². The lowest BCUT2D eigenvalue weighted by atomic mass is 9.94. The van der Waals surface area contributed by atoms with Gasteiger partial charge in [0.15, 0.2) is 0 Å². The molecule has 0 unspecified atom stereocenters. The molecule has 1 atom stereocenters. The number of nitrogens with zero attached hydrogens (tertiary/aromatic N) is 2. The Hall–Kier alpha value is -0.480. The molecule has 0 aromatic rings. The van der Waals surface area contributed by atoms with E-state index >= 15 is 0 Å². The van der Waals surface area contributed by atoms with Crippen molar-refractivity contribution in [3.8, 4) is 0 Å². The molecular weight excluding hydrogens is 323 g/mol. The average Bonchev–Trinajstić information content (AvgIpc) is 3.01. The minimum atomic E-state index is -0.888. The Balaban J connectivity index is 1.48. The van der Waals surface area contributed by atoms with Gasteiger partial charge in [0.2, 0.25) is 11.8 Å². The summed E-state index contributed by atoms with van der Waals surface area (Å²) < 4.78 is -0.888. The topological polar surface area (TPSA) is 40.6 Å². The molecule has 0 bridgehead atoms. The van der Waals surface area contributed by atoms with Gasteiger partial charge < -0.3 is 9.80 Å². The van der Waals surface area contributed by atoms with Crippen LogP contribution in [0.5, 0.6) is 0 Å². The van der Waals surface area contributed by atoms with Crippen LogP contribution >= 0.6 is 23.2 Å². The highest BCUT2D eigenvalue weighted by Crippen LogP contribution is 2.64. The van der Waals surface area contributed by atoms with E-state index in [9.17, 15) is 9.59 Å². The lowest BCUT2D eigenvalue weighted by molar-refractivity contribution is -0.139. The van der Waals surface area contributed by atoms with Gasteiger partial charge in [-0.15, -0.1) is 23.2 Å². The molecule has 3 aliphatic rings. The molecule has 2 amide bonds. The number of amides is 2. The maximum Gasteiger partial charge on any atom is 0.231 e. The minimum absolute atomic E-state index is 0.0880. The fourth-order valence-corrected chi connectivity index (χ4v) is 4.36. The first-order chi connectivity index (χ1) is 10.3. The summed E-state index contributed by atoms with van der Waals surface area (Å²) in [5, 5.41) is 0. The Morgan fingerprint density at radius 1 is 1.23 bits per heavy atom. The normalized spacial score (nSPS) is 32.2. The smallest absolute Gasteiger partial charge is 0.231 e. The van der Waals surface area contributed by atoms with E-state index in [0.29, 0.717) is 24.7 Å². The molecule has 0 radical (unpaired) electrons. The molecular formula is C16H24Cl2N2O2. The summed E-state index contributed by atoms with van der Waals surface area (Å²) in [7, 11) is 0. The number of carbonyl (C=O) groups is 2. The molecule has 3 fully saturated rings. The van der Waals surface area contributed by atoms with Gasteiger partial charge in [-0.25, -0.2) is 0 Å². The van der Waals surface area contributed by atoms with Crippen molar-refractivity contribution in [3.05, 3.63) is 0 Å². The summed E-state index contributed by atoms with van der Waals surface area (Å²) in [6, 6.07) is 0. The molecule has 2 heterocycles. The highest BCUT2D eigenvalue weighted by Gasteiger charge is 2.68. The molecule has 4 nitrogen and oxygen atoms in total. The molecule has 22 heavy (non-hydrogen) atoms. The van der Waals surface area contributed by atoms with Gasteiger partial charge in [-0.3, -0.25) is 9.59 Å². The van der Waals surface area contributed by atoms with Crippen LogP contribution in [0.4, 0.5) is 0 Å². The summed E-state index contributed by atoms with van der Waals surface area (Å²) in [5.41, 5.74) is -0.605. The standard InChI is InChI=1S/C16H24Cl2N2O2/c1-15(11-16(15,17)18)14(22)19-8-5-12(6-9-19)10-20-7-3-2-4-13(20)21/h12H,2-11H2,1H3/t15-/m1/s1. The molecule has 0 spiro atoms. The van der Waals surface area contributed by atoms with E-state index in [1.807, 2.05) is 16.7 Å². The summed E-state index contributed by atoms with van der Waals surface area (Å²) in [5.74, 6) is 0.893. The van der Waals surface area contributed by atoms with Crippen molar-refractivity contribution in [2.24, 2.45) is 11.3 Å². The predicted molar refractivity (Wildman–Crippen MR) is 86.9 cm³/mol. The number of rotatable bonds is 3. The summed E-state index contributed by atoms with van der Waals surface area (Å²) in [6.07, 6.45) is 5.31. The van der Waals surface area contributed by atoms with E-state index in [-0.39, 0.29) is 5.91 Å². The summed E-state index contributed by atoms with van der Waals surface area (Å²) in [4.78, 5) is 28.3. The van der Waals surface area contributed by atoms with Gasteiger partial charge in [0.05, 0.1) is 5.41 Å². The SMILES string of the molecule is C[C@]1(C(=O)N2CCC(CN3CCCCC3=O)CC2)CC1(Cl)Cl. The van der Waals surface area contributed by atoms with E-state index in [2.05, 4.69) is 0 Å². The number of halogens is 2. The van der Waals surface area contributed by atoms with Crippen LogP contribution in [0.15, 0.2) is 0 Å². The zero-order chi connectivity index (χ0) is 16.0. The maximum absolute atomic E-state index is 12.5. The number of hydrogen-bond acceptors (Lipinski definition) is 2. The Morgan fingerprint density at radius 3 is 2.41 bits per heavy atom. The van der Waals surface area contributed by atoms with Crippen molar-refractivity contribution in [1.29, 1.82) is 0 Å². The van der Waals surface area contributed by atoms with Crippen LogP contribution in [0.1, 0.15) is 45.4 Å². The first kappa shape index (κ1) is 16.4. The highest BCUT2D eigenvalue weighted by molar-refractivity contribution is 6.53. The molecule has 124 valence electrons. The number of likely N-dealkylation sites (tertiary alicyclic amines) is 2. The monoisotopic (exact) mass is 346 g/mol. The molecule has 1 saturated carbocycles. The largest absolute Gasteiger partial charge is 0.342 e. The predicted octanol–water partition coefficient (Wildman–Crippen LogP) is 2.82. The lowest BCUT2D eigenvalue weighted by Crippen LogP contribution is -2.46. The van der Waals surface area contributed by atoms with Gasteiger partial charge in [0.1, 0.15) is 4.33 Å². The Morgan fingerprint density at radius 2 is 1.86 bits per heavy atom. The quantitative estimate of drug-likeness (QED) is 0.737. The first-order valence-electron chi connectivity index (χ1n) is 8.28. The van der Waals surface area contributed by atoms with Crippen molar-refractivity contribution >= 4 is 35.0 Å². The van der Waals surface area contributed by atoms with Crippen LogP contribution in [0.2, 0.25) is 0 Å². The molecule has 0 aromatic heterocycles. The van der Waals surface area contributed by atoms with Crippen LogP contribution in [0.3, 0.4) is 0 Å². The van der Waals surface area contributed by atoms with Gasteiger partial charge in [0, 0.05) is 32.6 Å². The van der Waals surface area contributed by atoms with E-state index in [1.54, 1.807) is 0 Å². The van der Waals surface area contributed by atoms with Crippen molar-refractivity contribution in [3.63, 3.8) is 0 Å². The molecule has 1 aliphatic carbocycles. The Bertz CT molecular complexity index is 475. The van der Waals surface area contributed by atoms with Crippen molar-refractivity contribution in [2.75, 3.05) is 26.2 Å². The molecule has 2 aliphatic heterocycles. The maximum atomic E-state index is 12.5. The third-order valence-corrected chi connectivity index (χ3v) is 6.63. The van der Waals surface area contributed by atoms with Gasteiger partial charge in [0.25, 0.3) is 0 Å². The van der Waals surface area contributed by atoms with E-state index in [4.69, 9.17) is 23.2 Å². The van der Waals surface area contributed by atoms with E-state index in [0.717, 1.165) is 51.9 Å². The van der Waals surface area contributed by atoms with E-state index < -0.39 is 9.75 Å². The number of hydrogen-bond donors (Lipinski definition) is 0. The second-order valence-electron chi connectivity index (χ2n) is 7.25. The minimum Gasteiger partial charge on any atom is -0.342 e. The molecule has 2 saturated heterocycles. The molecule has 0 aromatic carbocycles. The lowest BCUT2D eigenvalue weighted by Gasteiger charge is -2.37. The zero-order valence-electron chi connectivity index (χ0n) is 13.1. The van der Waals surface area contributed by atoms with Gasteiger partial charge in [-0.2, -0.15) is 0 Å². The summed E-state index contributed by atoms with van der Waals surface area (Å²) in [6.45, 7) is 5.12. The highest BCUT2D eigenvalue weighted by atomic mass is 35.5. The van der Waals surface area contributed by atoms with Gasteiger partial charge >= 0.3 is 0 Å². The fraction of sp³-hybridized carbons (Fsp3) is 0.875. The summed E-state index contributed by atoms with van der Waals surface area (Å²) >= 11 is 12.2. The average molecular weight is 347 g/mol. The third kappa shape index (κ3) is 2.96. The molecule has 6 heteroatoms. The second-order valence-corrected chi connectivity index (χ2v) is 8.73. The molecule has 0 N–H and O–H groups in total. The van der Waals surface area contributed by atoms with Crippen molar-refractivity contribution in [1.82, 2.24) is 9.80 Å². The van der Waals surface area contributed by atoms with Crippen molar-refractivity contribution in [2.45, 2.75) is 49.8 Å². The fourth-order valence-electron chi connectivity index (χ4n) is 3.67. The zero-order valence-corrected chi connectivity index (χ0v) is 14.6.